The molecule has 1 unspecified atom stereocenters. The molecule has 0 aliphatic heterocycles. The normalized spacial score (nSPS) is 12.4. The molecule has 0 amide bonds. The van der Waals surface area contributed by atoms with Gasteiger partial charge in [-0.05, 0) is 35.6 Å². The van der Waals surface area contributed by atoms with Crippen LogP contribution in [0.5, 0.6) is 0 Å². The second kappa shape index (κ2) is 8.75. The van der Waals surface area contributed by atoms with E-state index in [2.05, 4.69) is 72.5 Å². The Balaban J connectivity index is 0.000000356. The molecular weight excluding hydrogens is 247 g/mol. The minimum atomic E-state index is 0.485. The van der Waals surface area contributed by atoms with Gasteiger partial charge in [-0.2, -0.15) is 0 Å². The van der Waals surface area contributed by atoms with Crippen LogP contribution >= 0.6 is 8.58 Å². The quantitative estimate of drug-likeness (QED) is 0.605. The van der Waals surface area contributed by atoms with Gasteiger partial charge in [0.1, 0.15) is 0 Å². The molecule has 110 valence electrons. The molecule has 1 aromatic rings. The molecule has 1 atom stereocenters. The van der Waals surface area contributed by atoms with Crippen LogP contribution in [0.15, 0.2) is 30.3 Å². The third-order valence-corrected chi connectivity index (χ3v) is 3.91. The van der Waals surface area contributed by atoms with Crippen LogP contribution in [0.25, 0.3) is 0 Å². The van der Waals surface area contributed by atoms with Gasteiger partial charge in [0.2, 0.25) is 0 Å². The highest BCUT2D eigenvalue weighted by atomic mass is 31.1. The lowest BCUT2D eigenvalue weighted by Crippen LogP contribution is -2.20. The molecule has 1 aromatic carbocycles. The molecule has 0 N–H and O–H groups in total. The Kier molecular flexibility index (Phi) is 8.59. The molecule has 0 aromatic heterocycles. The summed E-state index contributed by atoms with van der Waals surface area (Å²) in [6.07, 6.45) is 3.99. The number of rotatable bonds is 4. The summed E-state index contributed by atoms with van der Waals surface area (Å²) in [5, 5.41) is 1.44. The lowest BCUT2D eigenvalue weighted by Gasteiger charge is -2.32. The number of hydrogen-bond acceptors (Lipinski definition) is 0. The molecular formula is C18H33P. The fourth-order valence-electron chi connectivity index (χ4n) is 2.81. The van der Waals surface area contributed by atoms with Crippen molar-refractivity contribution in [1.29, 1.82) is 0 Å². The molecule has 0 aliphatic rings. The molecule has 0 bridgehead atoms. The van der Waals surface area contributed by atoms with Crippen molar-refractivity contribution >= 4 is 13.9 Å². The SMILES string of the molecule is CCCC(C)(C)CC(C)(C)C.CPc1ccccc1. The smallest absolute Gasteiger partial charge is 0.0274 e. The van der Waals surface area contributed by atoms with E-state index < -0.39 is 0 Å². The van der Waals surface area contributed by atoms with Crippen LogP contribution in [-0.4, -0.2) is 6.66 Å². The van der Waals surface area contributed by atoms with E-state index in [1.54, 1.807) is 0 Å². The van der Waals surface area contributed by atoms with E-state index in [0.29, 0.717) is 10.8 Å². The van der Waals surface area contributed by atoms with Crippen molar-refractivity contribution in [1.82, 2.24) is 0 Å². The summed E-state index contributed by atoms with van der Waals surface area (Å²) in [6, 6.07) is 10.5. The predicted molar refractivity (Wildman–Crippen MR) is 93.1 cm³/mol. The van der Waals surface area contributed by atoms with E-state index in [9.17, 15) is 0 Å². The summed E-state index contributed by atoms with van der Waals surface area (Å²) >= 11 is 0. The van der Waals surface area contributed by atoms with Crippen molar-refractivity contribution in [3.8, 4) is 0 Å². The second-order valence-electron chi connectivity index (χ2n) is 7.27. The standard InChI is InChI=1S/C11H24.C7H9P/c1-7-8-11(5,6)9-10(2,3)4;1-8-7-5-3-2-4-6-7/h7-9H2,1-6H3;2-6,8H,1H3. The summed E-state index contributed by atoms with van der Waals surface area (Å²) < 4.78 is 0. The second-order valence-corrected chi connectivity index (χ2v) is 8.35. The van der Waals surface area contributed by atoms with Gasteiger partial charge in [-0.25, -0.2) is 0 Å². The highest BCUT2D eigenvalue weighted by molar-refractivity contribution is 7.46. The summed E-state index contributed by atoms with van der Waals surface area (Å²) in [6.45, 7) is 16.2. The van der Waals surface area contributed by atoms with Gasteiger partial charge in [0.15, 0.2) is 0 Å². The molecule has 0 heterocycles. The molecule has 0 saturated carbocycles. The average molecular weight is 280 g/mol. The summed E-state index contributed by atoms with van der Waals surface area (Å²) in [5.74, 6) is 0. The van der Waals surface area contributed by atoms with E-state index in [0.717, 1.165) is 8.58 Å². The maximum absolute atomic E-state index is 2.38. The summed E-state index contributed by atoms with van der Waals surface area (Å²) in [5.41, 5.74) is 1.02. The lowest BCUT2D eigenvalue weighted by molar-refractivity contribution is 0.198. The highest BCUT2D eigenvalue weighted by Crippen LogP contribution is 2.36. The first-order valence-corrected chi connectivity index (χ1v) is 8.93. The Morgan fingerprint density at radius 3 is 1.79 bits per heavy atom. The molecule has 0 fully saturated rings. The van der Waals surface area contributed by atoms with E-state index in [-0.39, 0.29) is 0 Å². The first-order chi connectivity index (χ1) is 8.70. The molecule has 1 rings (SSSR count). The monoisotopic (exact) mass is 280 g/mol. The van der Waals surface area contributed by atoms with Gasteiger partial charge in [-0.15, -0.1) is 0 Å². The Morgan fingerprint density at radius 1 is 0.947 bits per heavy atom. The van der Waals surface area contributed by atoms with Gasteiger partial charge in [-0.3, -0.25) is 0 Å². The van der Waals surface area contributed by atoms with Crippen LogP contribution in [0, 0.1) is 10.8 Å². The van der Waals surface area contributed by atoms with Gasteiger partial charge in [0.05, 0.1) is 0 Å². The van der Waals surface area contributed by atoms with Crippen molar-refractivity contribution in [2.45, 2.75) is 60.8 Å². The van der Waals surface area contributed by atoms with Crippen LogP contribution in [0.2, 0.25) is 0 Å². The zero-order valence-electron chi connectivity index (χ0n) is 14.0. The van der Waals surface area contributed by atoms with E-state index in [1.807, 2.05) is 6.07 Å². The van der Waals surface area contributed by atoms with Crippen molar-refractivity contribution in [3.63, 3.8) is 0 Å². The van der Waals surface area contributed by atoms with Gasteiger partial charge in [-0.1, -0.05) is 86.9 Å². The van der Waals surface area contributed by atoms with Crippen LogP contribution in [0.1, 0.15) is 60.8 Å². The van der Waals surface area contributed by atoms with Crippen LogP contribution in [-0.2, 0) is 0 Å². The largest absolute Gasteiger partial charge is 0.0936 e. The molecule has 19 heavy (non-hydrogen) atoms. The third kappa shape index (κ3) is 11.2. The van der Waals surface area contributed by atoms with Crippen molar-refractivity contribution in [3.05, 3.63) is 30.3 Å². The fraction of sp³-hybridized carbons (Fsp3) is 0.667. The van der Waals surface area contributed by atoms with Crippen LogP contribution in [0.3, 0.4) is 0 Å². The summed E-state index contributed by atoms with van der Waals surface area (Å²) in [4.78, 5) is 0. The Morgan fingerprint density at radius 2 is 1.47 bits per heavy atom. The Hall–Kier alpha value is -0.350. The van der Waals surface area contributed by atoms with Gasteiger partial charge >= 0.3 is 0 Å². The molecule has 0 nitrogen and oxygen atoms in total. The first-order valence-electron chi connectivity index (χ1n) is 7.43. The minimum Gasteiger partial charge on any atom is -0.0936 e. The maximum atomic E-state index is 2.38. The molecule has 0 spiro atoms. The molecule has 0 aliphatic carbocycles. The predicted octanol–water partition coefficient (Wildman–Crippen LogP) is 5.87. The summed E-state index contributed by atoms with van der Waals surface area (Å²) in [7, 11) is 0.930. The van der Waals surface area contributed by atoms with Crippen molar-refractivity contribution in [2.24, 2.45) is 10.8 Å². The van der Waals surface area contributed by atoms with Crippen molar-refractivity contribution in [2.75, 3.05) is 6.66 Å². The van der Waals surface area contributed by atoms with Crippen LogP contribution < -0.4 is 5.30 Å². The fourth-order valence-corrected chi connectivity index (χ4v) is 3.33. The van der Waals surface area contributed by atoms with E-state index in [4.69, 9.17) is 0 Å². The topological polar surface area (TPSA) is 0 Å². The van der Waals surface area contributed by atoms with Crippen LogP contribution in [0.4, 0.5) is 0 Å². The first kappa shape index (κ1) is 18.7. The lowest BCUT2D eigenvalue weighted by atomic mass is 9.74. The maximum Gasteiger partial charge on any atom is -0.0274 e. The number of hydrogen-bond donors (Lipinski definition) is 0. The zero-order valence-corrected chi connectivity index (χ0v) is 15.0. The van der Waals surface area contributed by atoms with Gasteiger partial charge in [0, 0.05) is 0 Å². The minimum absolute atomic E-state index is 0.485. The molecule has 0 radical (unpaired) electrons. The average Bonchev–Trinajstić information content (AvgIpc) is 2.27. The zero-order chi connectivity index (χ0) is 14.9. The van der Waals surface area contributed by atoms with Gasteiger partial charge in [0.25, 0.3) is 0 Å². The van der Waals surface area contributed by atoms with E-state index >= 15 is 0 Å². The number of benzene rings is 1. The third-order valence-electron chi connectivity index (χ3n) is 3.00. The van der Waals surface area contributed by atoms with Gasteiger partial charge < -0.3 is 0 Å². The van der Waals surface area contributed by atoms with E-state index in [1.165, 1.54) is 24.6 Å². The highest BCUT2D eigenvalue weighted by Gasteiger charge is 2.24. The molecule has 0 saturated heterocycles. The molecule has 1 heteroatoms. The Bertz CT molecular complexity index is 319. The van der Waals surface area contributed by atoms with Crippen molar-refractivity contribution < 1.29 is 0 Å². The Labute approximate surface area is 123 Å².